The monoisotopic (exact) mass is 446 g/mol. The highest BCUT2D eigenvalue weighted by Gasteiger charge is 2.14. The van der Waals surface area contributed by atoms with E-state index >= 15 is 0 Å². The van der Waals surface area contributed by atoms with Crippen molar-refractivity contribution in [3.63, 3.8) is 0 Å². The molecule has 1 aromatic heterocycles. The Labute approximate surface area is 170 Å². The zero-order chi connectivity index (χ0) is 19.2. The summed E-state index contributed by atoms with van der Waals surface area (Å²) in [6.45, 7) is 0.864. The lowest BCUT2D eigenvalue weighted by atomic mass is 10.1. The van der Waals surface area contributed by atoms with Gasteiger partial charge in [0.2, 0.25) is 0 Å². The second-order valence-corrected chi connectivity index (χ2v) is 7.54. The number of thiazole rings is 1. The van der Waals surface area contributed by atoms with Gasteiger partial charge in [-0.1, -0.05) is 15.9 Å². The quantitative estimate of drug-likeness (QED) is 0.524. The van der Waals surface area contributed by atoms with Crippen LogP contribution in [0.15, 0.2) is 57.8 Å². The molecule has 5 nitrogen and oxygen atoms in total. The number of rotatable bonds is 7. The van der Waals surface area contributed by atoms with E-state index in [1.54, 1.807) is 48.8 Å². The Morgan fingerprint density at radius 2 is 2.00 bits per heavy atom. The number of benzene rings is 2. The molecule has 2 aromatic carbocycles. The van der Waals surface area contributed by atoms with Gasteiger partial charge in [0.15, 0.2) is 0 Å². The first-order valence-electron chi connectivity index (χ1n) is 8.24. The maximum atomic E-state index is 12.7. The summed E-state index contributed by atoms with van der Waals surface area (Å²) in [4.78, 5) is 18.6. The minimum atomic E-state index is -0.0666. The number of aromatic nitrogens is 1. The van der Waals surface area contributed by atoms with Gasteiger partial charge < -0.3 is 14.4 Å². The van der Waals surface area contributed by atoms with Crippen LogP contribution in [-0.2, 0) is 13.2 Å². The smallest absolute Gasteiger partial charge is 0.253 e. The molecule has 140 valence electrons. The van der Waals surface area contributed by atoms with Crippen LogP contribution >= 0.6 is 27.3 Å². The van der Waals surface area contributed by atoms with Gasteiger partial charge in [-0.2, -0.15) is 0 Å². The third-order valence-electron chi connectivity index (χ3n) is 3.97. The highest BCUT2D eigenvalue weighted by Crippen LogP contribution is 2.24. The summed E-state index contributed by atoms with van der Waals surface area (Å²) < 4.78 is 12.0. The maximum absolute atomic E-state index is 12.7. The lowest BCUT2D eigenvalue weighted by Gasteiger charge is -2.19. The Kier molecular flexibility index (Phi) is 6.47. The molecule has 0 bridgehead atoms. The summed E-state index contributed by atoms with van der Waals surface area (Å²) in [5.41, 5.74) is 4.21. The summed E-state index contributed by atoms with van der Waals surface area (Å²) in [7, 11) is 3.40. The van der Waals surface area contributed by atoms with Crippen LogP contribution in [0.25, 0.3) is 0 Å². The standard InChI is InChI=1S/C20H19BrN2O3S/c1-23(10-15-9-16(21)5-8-19(15)25-2)20(24)14-3-6-18(7-4-14)26-11-17-12-27-13-22-17/h3-9,12-13H,10-11H2,1-2H3. The molecule has 0 aliphatic carbocycles. The zero-order valence-electron chi connectivity index (χ0n) is 15.0. The van der Waals surface area contributed by atoms with Crippen molar-refractivity contribution in [3.8, 4) is 11.5 Å². The molecule has 0 saturated carbocycles. The number of hydrogen-bond donors (Lipinski definition) is 0. The first-order valence-corrected chi connectivity index (χ1v) is 9.98. The number of carbonyl (C=O) groups is 1. The fraction of sp³-hybridized carbons (Fsp3) is 0.200. The second-order valence-electron chi connectivity index (χ2n) is 5.91. The van der Waals surface area contributed by atoms with E-state index in [-0.39, 0.29) is 5.91 Å². The molecule has 0 unspecified atom stereocenters. The van der Waals surface area contributed by atoms with Crippen molar-refractivity contribution in [2.45, 2.75) is 13.2 Å². The van der Waals surface area contributed by atoms with Crippen molar-refractivity contribution in [2.75, 3.05) is 14.2 Å². The van der Waals surface area contributed by atoms with Crippen molar-refractivity contribution in [1.82, 2.24) is 9.88 Å². The third-order valence-corrected chi connectivity index (χ3v) is 5.10. The van der Waals surface area contributed by atoms with E-state index in [1.165, 1.54) is 11.3 Å². The van der Waals surface area contributed by atoms with Crippen LogP contribution in [0, 0.1) is 0 Å². The van der Waals surface area contributed by atoms with Crippen LogP contribution in [-0.4, -0.2) is 29.9 Å². The average molecular weight is 447 g/mol. The summed E-state index contributed by atoms with van der Waals surface area (Å²) in [6, 6.07) is 12.9. The van der Waals surface area contributed by atoms with Crippen molar-refractivity contribution in [3.05, 3.63) is 74.6 Å². The summed E-state index contributed by atoms with van der Waals surface area (Å²) >= 11 is 4.99. The predicted octanol–water partition coefficient (Wildman–Crippen LogP) is 4.77. The molecule has 1 amide bonds. The SMILES string of the molecule is COc1ccc(Br)cc1CN(C)C(=O)c1ccc(OCc2cscn2)cc1. The zero-order valence-corrected chi connectivity index (χ0v) is 17.4. The molecule has 0 aliphatic rings. The van der Waals surface area contributed by atoms with Gasteiger partial charge >= 0.3 is 0 Å². The fourth-order valence-electron chi connectivity index (χ4n) is 2.58. The molecule has 0 fully saturated rings. The molecule has 3 rings (SSSR count). The summed E-state index contributed by atoms with van der Waals surface area (Å²) in [6.07, 6.45) is 0. The molecule has 1 heterocycles. The lowest BCUT2D eigenvalue weighted by Crippen LogP contribution is -2.26. The maximum Gasteiger partial charge on any atom is 0.253 e. The highest BCUT2D eigenvalue weighted by molar-refractivity contribution is 9.10. The van der Waals surface area contributed by atoms with E-state index in [1.807, 2.05) is 23.6 Å². The second kappa shape index (κ2) is 9.01. The predicted molar refractivity (Wildman–Crippen MR) is 109 cm³/mol. The van der Waals surface area contributed by atoms with Crippen LogP contribution in [0.3, 0.4) is 0 Å². The Hall–Kier alpha value is -2.38. The number of ether oxygens (including phenoxy) is 2. The van der Waals surface area contributed by atoms with Crippen molar-refractivity contribution >= 4 is 33.2 Å². The molecule has 3 aromatic rings. The summed E-state index contributed by atoms with van der Waals surface area (Å²) in [5, 5.41) is 1.95. The van der Waals surface area contributed by atoms with Crippen LogP contribution in [0.4, 0.5) is 0 Å². The lowest BCUT2D eigenvalue weighted by molar-refractivity contribution is 0.0784. The van der Waals surface area contributed by atoms with Gasteiger partial charge in [-0.25, -0.2) is 4.98 Å². The van der Waals surface area contributed by atoms with Crippen molar-refractivity contribution < 1.29 is 14.3 Å². The average Bonchev–Trinajstić information content (AvgIpc) is 3.20. The molecule has 0 radical (unpaired) electrons. The number of methoxy groups -OCH3 is 1. The molecule has 0 atom stereocenters. The Morgan fingerprint density at radius 3 is 2.67 bits per heavy atom. The van der Waals surface area contributed by atoms with Crippen LogP contribution in [0.1, 0.15) is 21.6 Å². The van der Waals surface area contributed by atoms with Crippen LogP contribution < -0.4 is 9.47 Å². The number of amides is 1. The molecule has 0 N–H and O–H groups in total. The molecule has 0 saturated heterocycles. The van der Waals surface area contributed by atoms with Gasteiger partial charge in [-0.3, -0.25) is 4.79 Å². The van der Waals surface area contributed by atoms with Gasteiger partial charge in [0, 0.05) is 34.6 Å². The van der Waals surface area contributed by atoms with Gasteiger partial charge in [0.25, 0.3) is 5.91 Å². The first kappa shape index (κ1) is 19.4. The number of hydrogen-bond acceptors (Lipinski definition) is 5. The Morgan fingerprint density at radius 1 is 1.22 bits per heavy atom. The highest BCUT2D eigenvalue weighted by atomic mass is 79.9. The van der Waals surface area contributed by atoms with E-state index in [4.69, 9.17) is 9.47 Å². The topological polar surface area (TPSA) is 51.7 Å². The minimum Gasteiger partial charge on any atom is -0.496 e. The molecule has 7 heteroatoms. The van der Waals surface area contributed by atoms with E-state index in [0.717, 1.165) is 21.5 Å². The van der Waals surface area contributed by atoms with E-state index in [9.17, 15) is 4.79 Å². The number of carbonyl (C=O) groups excluding carboxylic acids is 1. The van der Waals surface area contributed by atoms with E-state index in [2.05, 4.69) is 20.9 Å². The third kappa shape index (κ3) is 5.08. The van der Waals surface area contributed by atoms with Crippen molar-refractivity contribution in [2.24, 2.45) is 0 Å². The van der Waals surface area contributed by atoms with Crippen LogP contribution in [0.2, 0.25) is 0 Å². The fourth-order valence-corrected chi connectivity index (χ4v) is 3.53. The van der Waals surface area contributed by atoms with Crippen molar-refractivity contribution in [1.29, 1.82) is 0 Å². The Bertz CT molecular complexity index is 898. The van der Waals surface area contributed by atoms with Gasteiger partial charge in [0.05, 0.1) is 18.3 Å². The number of nitrogens with zero attached hydrogens (tertiary/aromatic N) is 2. The molecule has 0 aliphatic heterocycles. The largest absolute Gasteiger partial charge is 0.496 e. The minimum absolute atomic E-state index is 0.0666. The number of halogens is 1. The molecular weight excluding hydrogens is 428 g/mol. The van der Waals surface area contributed by atoms with Gasteiger partial charge in [-0.05, 0) is 42.5 Å². The Balaban J connectivity index is 1.63. The first-order chi connectivity index (χ1) is 13.1. The van der Waals surface area contributed by atoms with Gasteiger partial charge in [0.1, 0.15) is 18.1 Å². The van der Waals surface area contributed by atoms with E-state index in [0.29, 0.717) is 24.5 Å². The van der Waals surface area contributed by atoms with E-state index < -0.39 is 0 Å². The molecule has 0 spiro atoms. The van der Waals surface area contributed by atoms with Gasteiger partial charge in [-0.15, -0.1) is 11.3 Å². The molecule has 27 heavy (non-hydrogen) atoms. The van der Waals surface area contributed by atoms with Crippen LogP contribution in [0.5, 0.6) is 11.5 Å². The molecular formula is C20H19BrN2O3S. The normalized spacial score (nSPS) is 10.5. The summed E-state index contributed by atoms with van der Waals surface area (Å²) in [5.74, 6) is 1.39.